The molecule has 0 aliphatic heterocycles. The van der Waals surface area contributed by atoms with Crippen LogP contribution in [0.5, 0.6) is 0 Å². The summed E-state index contributed by atoms with van der Waals surface area (Å²) in [4.78, 5) is 46.4. The SMILES string of the molecule is CCOC(=O)CCC(NC(=O)Cc1ccc(Nc2nc3ccccc3nc2-c2ccccc2)cc1)C(=O)OCC. The second kappa shape index (κ2) is 13.8. The van der Waals surface area contributed by atoms with Gasteiger partial charge in [0.15, 0.2) is 5.82 Å². The summed E-state index contributed by atoms with van der Waals surface area (Å²) in [5, 5.41) is 6.05. The van der Waals surface area contributed by atoms with Crippen molar-refractivity contribution in [1.29, 1.82) is 0 Å². The topological polar surface area (TPSA) is 120 Å². The Morgan fingerprint density at radius 3 is 2.12 bits per heavy atom. The molecule has 0 fully saturated rings. The number of carbonyl (C=O) groups excluding carboxylic acids is 3. The lowest BCUT2D eigenvalue weighted by atomic mass is 10.1. The average molecular weight is 541 g/mol. The number of anilines is 2. The molecule has 0 aliphatic carbocycles. The van der Waals surface area contributed by atoms with E-state index in [9.17, 15) is 14.4 Å². The molecule has 1 heterocycles. The highest BCUT2D eigenvalue weighted by atomic mass is 16.5. The zero-order valence-electron chi connectivity index (χ0n) is 22.6. The third-order valence-electron chi connectivity index (χ3n) is 6.05. The molecule has 9 nitrogen and oxygen atoms in total. The van der Waals surface area contributed by atoms with E-state index in [1.54, 1.807) is 13.8 Å². The van der Waals surface area contributed by atoms with Crippen LogP contribution in [0.2, 0.25) is 0 Å². The number of nitrogens with one attached hydrogen (secondary N) is 2. The van der Waals surface area contributed by atoms with Gasteiger partial charge in [0.05, 0.1) is 30.7 Å². The van der Waals surface area contributed by atoms with E-state index in [2.05, 4.69) is 10.6 Å². The second-order valence-corrected chi connectivity index (χ2v) is 8.99. The Labute approximate surface area is 232 Å². The summed E-state index contributed by atoms with van der Waals surface area (Å²) >= 11 is 0. The highest BCUT2D eigenvalue weighted by Gasteiger charge is 2.23. The highest BCUT2D eigenvalue weighted by Crippen LogP contribution is 2.29. The Hall–Kier alpha value is -4.79. The fraction of sp³-hybridized carbons (Fsp3) is 0.258. The van der Waals surface area contributed by atoms with E-state index in [1.807, 2.05) is 78.9 Å². The number of amides is 1. The number of fused-ring (bicyclic) bond motifs is 1. The molecule has 0 saturated heterocycles. The zero-order valence-corrected chi connectivity index (χ0v) is 22.6. The molecule has 1 aromatic heterocycles. The first kappa shape index (κ1) is 28.2. The number of aromatic nitrogens is 2. The molecule has 40 heavy (non-hydrogen) atoms. The first-order valence-corrected chi connectivity index (χ1v) is 13.3. The number of rotatable bonds is 12. The molecule has 206 valence electrons. The second-order valence-electron chi connectivity index (χ2n) is 8.99. The normalized spacial score (nSPS) is 11.4. The van der Waals surface area contributed by atoms with Crippen LogP contribution < -0.4 is 10.6 Å². The fourth-order valence-electron chi connectivity index (χ4n) is 4.15. The van der Waals surface area contributed by atoms with Crippen molar-refractivity contribution in [2.75, 3.05) is 18.5 Å². The molecule has 9 heteroatoms. The van der Waals surface area contributed by atoms with Gasteiger partial charge in [-0.3, -0.25) is 9.59 Å². The molecule has 0 spiro atoms. The van der Waals surface area contributed by atoms with Crippen LogP contribution in [0.3, 0.4) is 0 Å². The van der Waals surface area contributed by atoms with Crippen LogP contribution in [0.4, 0.5) is 11.5 Å². The third kappa shape index (κ3) is 7.63. The summed E-state index contributed by atoms with van der Waals surface area (Å²) in [6, 6.07) is 24.0. The summed E-state index contributed by atoms with van der Waals surface area (Å²) in [7, 11) is 0. The van der Waals surface area contributed by atoms with Gasteiger partial charge in [0, 0.05) is 17.7 Å². The minimum absolute atomic E-state index is 0.000597. The monoisotopic (exact) mass is 540 g/mol. The maximum atomic E-state index is 12.7. The molecular weight excluding hydrogens is 508 g/mol. The van der Waals surface area contributed by atoms with Gasteiger partial charge in [-0.05, 0) is 50.1 Å². The molecular formula is C31H32N4O5. The smallest absolute Gasteiger partial charge is 0.328 e. The lowest BCUT2D eigenvalue weighted by Crippen LogP contribution is -2.43. The quantitative estimate of drug-likeness (QED) is 0.242. The Bertz CT molecular complexity index is 1460. The van der Waals surface area contributed by atoms with Crippen molar-refractivity contribution in [1.82, 2.24) is 15.3 Å². The number of carbonyl (C=O) groups is 3. The maximum Gasteiger partial charge on any atom is 0.328 e. The highest BCUT2D eigenvalue weighted by molar-refractivity contribution is 5.87. The van der Waals surface area contributed by atoms with Gasteiger partial charge >= 0.3 is 11.9 Å². The molecule has 0 radical (unpaired) electrons. The molecule has 1 atom stereocenters. The summed E-state index contributed by atoms with van der Waals surface area (Å²) < 4.78 is 9.98. The standard InChI is InChI=1S/C31H32N4O5/c1-3-39-28(37)19-18-26(31(38)40-4-2)33-27(36)20-21-14-16-23(17-15-21)32-30-29(22-10-6-5-7-11-22)34-24-12-8-9-13-25(24)35-30/h5-17,26H,3-4,18-20H2,1-2H3,(H,32,35)(H,33,36). The van der Waals surface area contributed by atoms with Gasteiger partial charge in [-0.1, -0.05) is 54.6 Å². The van der Waals surface area contributed by atoms with Crippen molar-refractivity contribution in [3.05, 3.63) is 84.4 Å². The van der Waals surface area contributed by atoms with Crippen LogP contribution in [-0.2, 0) is 30.3 Å². The van der Waals surface area contributed by atoms with Gasteiger partial charge in [0.25, 0.3) is 0 Å². The molecule has 0 saturated carbocycles. The summed E-state index contributed by atoms with van der Waals surface area (Å²) in [6.45, 7) is 3.82. The number of hydrogen-bond donors (Lipinski definition) is 2. The number of ether oxygens (including phenoxy) is 2. The van der Waals surface area contributed by atoms with E-state index in [0.717, 1.165) is 33.5 Å². The molecule has 2 N–H and O–H groups in total. The lowest BCUT2D eigenvalue weighted by molar-refractivity contribution is -0.148. The fourth-order valence-corrected chi connectivity index (χ4v) is 4.15. The molecule has 4 aromatic rings. The number of para-hydroxylation sites is 2. The van der Waals surface area contributed by atoms with Crippen LogP contribution in [0, 0.1) is 0 Å². The minimum Gasteiger partial charge on any atom is -0.466 e. The molecule has 4 rings (SSSR count). The van der Waals surface area contributed by atoms with Crippen LogP contribution in [0.15, 0.2) is 78.9 Å². The van der Waals surface area contributed by atoms with Crippen molar-refractivity contribution in [2.24, 2.45) is 0 Å². The van der Waals surface area contributed by atoms with Crippen molar-refractivity contribution in [3.63, 3.8) is 0 Å². The zero-order chi connectivity index (χ0) is 28.3. The molecule has 0 bridgehead atoms. The number of esters is 2. The molecule has 0 aliphatic rings. The maximum absolute atomic E-state index is 12.7. The predicted molar refractivity (Wildman–Crippen MR) is 153 cm³/mol. The first-order chi connectivity index (χ1) is 19.5. The van der Waals surface area contributed by atoms with Crippen molar-refractivity contribution in [2.45, 2.75) is 39.2 Å². The van der Waals surface area contributed by atoms with Crippen LogP contribution in [0.25, 0.3) is 22.3 Å². The Morgan fingerprint density at radius 2 is 1.45 bits per heavy atom. The Morgan fingerprint density at radius 1 is 0.800 bits per heavy atom. The van der Waals surface area contributed by atoms with E-state index in [0.29, 0.717) is 5.82 Å². The largest absolute Gasteiger partial charge is 0.466 e. The van der Waals surface area contributed by atoms with Gasteiger partial charge in [-0.15, -0.1) is 0 Å². The summed E-state index contributed by atoms with van der Waals surface area (Å²) in [6.07, 6.45) is 0.157. The molecule has 3 aromatic carbocycles. The molecule has 1 unspecified atom stereocenters. The van der Waals surface area contributed by atoms with E-state index in [1.165, 1.54) is 0 Å². The average Bonchev–Trinajstić information content (AvgIpc) is 2.96. The predicted octanol–water partition coefficient (Wildman–Crippen LogP) is 4.97. The van der Waals surface area contributed by atoms with Crippen molar-refractivity contribution in [3.8, 4) is 11.3 Å². The van der Waals surface area contributed by atoms with E-state index < -0.39 is 18.0 Å². The number of hydrogen-bond acceptors (Lipinski definition) is 8. The molecule has 1 amide bonds. The lowest BCUT2D eigenvalue weighted by Gasteiger charge is -2.17. The number of benzene rings is 3. The van der Waals surface area contributed by atoms with E-state index >= 15 is 0 Å². The van der Waals surface area contributed by atoms with E-state index in [4.69, 9.17) is 19.4 Å². The van der Waals surface area contributed by atoms with Crippen LogP contribution in [0.1, 0.15) is 32.3 Å². The summed E-state index contributed by atoms with van der Waals surface area (Å²) in [5.41, 5.74) is 4.79. The van der Waals surface area contributed by atoms with Gasteiger partial charge < -0.3 is 20.1 Å². The van der Waals surface area contributed by atoms with Crippen LogP contribution in [-0.4, -0.2) is 47.1 Å². The first-order valence-electron chi connectivity index (χ1n) is 13.3. The number of nitrogens with zero attached hydrogens (tertiary/aromatic N) is 2. The van der Waals surface area contributed by atoms with Crippen LogP contribution >= 0.6 is 0 Å². The third-order valence-corrected chi connectivity index (χ3v) is 6.05. The van der Waals surface area contributed by atoms with Crippen molar-refractivity contribution >= 4 is 40.4 Å². The van der Waals surface area contributed by atoms with Gasteiger partial charge in [0.2, 0.25) is 5.91 Å². The van der Waals surface area contributed by atoms with E-state index in [-0.39, 0.29) is 38.4 Å². The van der Waals surface area contributed by atoms with Crippen molar-refractivity contribution < 1.29 is 23.9 Å². The Kier molecular flexibility index (Phi) is 9.77. The van der Waals surface area contributed by atoms with Gasteiger partial charge in [0.1, 0.15) is 11.7 Å². The van der Waals surface area contributed by atoms with Gasteiger partial charge in [-0.2, -0.15) is 0 Å². The van der Waals surface area contributed by atoms with Gasteiger partial charge in [-0.25, -0.2) is 14.8 Å². The Balaban J connectivity index is 1.45. The summed E-state index contributed by atoms with van der Waals surface area (Å²) in [5.74, 6) is -0.741. The minimum atomic E-state index is -0.930.